The number of likely N-dealkylation sites (tertiary alicyclic amines) is 1. The van der Waals surface area contributed by atoms with Crippen LogP contribution in [0.1, 0.15) is 88.3 Å². The highest BCUT2D eigenvalue weighted by Crippen LogP contribution is 2.29. The van der Waals surface area contributed by atoms with Crippen LogP contribution in [0.5, 0.6) is 0 Å². The predicted octanol–water partition coefficient (Wildman–Crippen LogP) is 4.53. The van der Waals surface area contributed by atoms with E-state index in [0.717, 1.165) is 16.9 Å². The molecule has 56 heavy (non-hydrogen) atoms. The standard InChI is InChI=1S/C41H57N9O6/c1-25(2)19-33(29(7)51)47-37(53)23-44-38(54)34-11-9-17-49(34)39(55)32(26(3)4)21-36(52)30-14-12-27(5)35(20-30)50-18-10-16-42-40(45-24-48(8)41(50)56)46-31-15-13-28(6)43-22-31/h12-16,20,22,25-26,32-34H,9-11,17-19,21,23-24H2,1-8H3,(H,44,54)(H,45,46)(H,47,53)/t32-,33-,34+/m0/s1. The number of aliphatic imine (C=N–C) groups is 2. The molecular weight excluding hydrogens is 715 g/mol. The van der Waals surface area contributed by atoms with Gasteiger partial charge in [0.1, 0.15) is 12.7 Å². The molecule has 0 aliphatic carbocycles. The van der Waals surface area contributed by atoms with E-state index in [-0.39, 0.29) is 55.0 Å². The van der Waals surface area contributed by atoms with E-state index >= 15 is 0 Å². The number of rotatable bonds is 14. The maximum absolute atomic E-state index is 14.0. The smallest absolute Gasteiger partial charge is 0.325 e. The summed E-state index contributed by atoms with van der Waals surface area (Å²) < 4.78 is 0. The number of aromatic nitrogens is 1. The van der Waals surface area contributed by atoms with Gasteiger partial charge in [-0.3, -0.25) is 33.9 Å². The normalized spacial score (nSPS) is 17.4. The average Bonchev–Trinajstić information content (AvgIpc) is 3.65. The van der Waals surface area contributed by atoms with E-state index in [1.807, 2.05) is 53.7 Å². The van der Waals surface area contributed by atoms with Gasteiger partial charge in [0.25, 0.3) is 0 Å². The first kappa shape index (κ1) is 43.3. The molecule has 0 radical (unpaired) electrons. The highest BCUT2D eigenvalue weighted by atomic mass is 16.2. The summed E-state index contributed by atoms with van der Waals surface area (Å²) in [5.41, 5.74) is 3.34. The third-order valence-corrected chi connectivity index (χ3v) is 10.00. The van der Waals surface area contributed by atoms with E-state index in [9.17, 15) is 28.8 Å². The van der Waals surface area contributed by atoms with Crippen molar-refractivity contribution in [3.05, 3.63) is 53.3 Å². The largest absolute Gasteiger partial charge is 0.345 e. The van der Waals surface area contributed by atoms with Gasteiger partial charge in [-0.2, -0.15) is 0 Å². The maximum Gasteiger partial charge on any atom is 0.325 e. The monoisotopic (exact) mass is 771 g/mol. The van der Waals surface area contributed by atoms with Gasteiger partial charge in [0.15, 0.2) is 11.6 Å². The number of carbonyl (C=O) groups excluding carboxylic acids is 6. The van der Waals surface area contributed by atoms with Crippen molar-refractivity contribution < 1.29 is 28.8 Å². The second-order valence-corrected chi connectivity index (χ2v) is 15.4. The lowest BCUT2D eigenvalue weighted by Crippen LogP contribution is -2.51. The SMILES string of the molecule is CC(=O)[C@H](CC(C)C)NC(=O)CNC(=O)[C@H]1CCCN1C(=O)[C@@H](CC(=O)c1ccc(C)c(N2CCC=NC(Nc3ccc(C)nc3)=NCN(C)C2=O)c1)C(C)C. The van der Waals surface area contributed by atoms with Crippen LogP contribution >= 0.6 is 0 Å². The first-order valence-electron chi connectivity index (χ1n) is 19.4. The summed E-state index contributed by atoms with van der Waals surface area (Å²) in [4.78, 5) is 97.5. The van der Waals surface area contributed by atoms with E-state index in [1.165, 1.54) is 16.7 Å². The van der Waals surface area contributed by atoms with Crippen molar-refractivity contribution in [2.24, 2.45) is 27.7 Å². The van der Waals surface area contributed by atoms with Crippen LogP contribution in [0.25, 0.3) is 0 Å². The number of ketones is 2. The van der Waals surface area contributed by atoms with Crippen LogP contribution in [0, 0.1) is 31.6 Å². The molecule has 3 atom stereocenters. The second kappa shape index (κ2) is 19.9. The van der Waals surface area contributed by atoms with E-state index in [2.05, 4.69) is 30.9 Å². The fourth-order valence-electron chi connectivity index (χ4n) is 6.72. The molecule has 3 N–H and O–H groups in total. The minimum atomic E-state index is -0.778. The molecule has 1 aromatic carbocycles. The number of anilines is 2. The molecule has 0 saturated carbocycles. The zero-order valence-electron chi connectivity index (χ0n) is 33.9. The first-order chi connectivity index (χ1) is 26.5. The maximum atomic E-state index is 14.0. The number of benzene rings is 1. The van der Waals surface area contributed by atoms with Gasteiger partial charge in [0, 0.05) is 62.1 Å². The first-order valence-corrected chi connectivity index (χ1v) is 19.4. The van der Waals surface area contributed by atoms with Crippen LogP contribution < -0.4 is 20.9 Å². The molecule has 15 heteroatoms. The van der Waals surface area contributed by atoms with Crippen molar-refractivity contribution >= 4 is 58.9 Å². The molecule has 5 amide bonds. The third kappa shape index (κ3) is 11.8. The van der Waals surface area contributed by atoms with Gasteiger partial charge in [-0.25, -0.2) is 14.8 Å². The van der Waals surface area contributed by atoms with Gasteiger partial charge in [-0.05, 0) is 75.6 Å². The number of hydrogen-bond acceptors (Lipinski definition) is 10. The molecule has 0 spiro atoms. The number of hydrogen-bond donors (Lipinski definition) is 3. The molecular formula is C41H57N9O6. The van der Waals surface area contributed by atoms with Crippen molar-refractivity contribution in [1.82, 2.24) is 25.4 Å². The predicted molar refractivity (Wildman–Crippen MR) is 217 cm³/mol. The molecule has 1 aromatic heterocycles. The van der Waals surface area contributed by atoms with E-state index in [1.54, 1.807) is 42.6 Å². The van der Waals surface area contributed by atoms with Crippen molar-refractivity contribution in [2.45, 2.75) is 92.7 Å². The molecule has 3 heterocycles. The topological polar surface area (TPSA) is 186 Å². The lowest BCUT2D eigenvalue weighted by atomic mass is 9.87. The Kier molecular flexibility index (Phi) is 15.4. The molecule has 1 fully saturated rings. The number of pyridine rings is 1. The zero-order valence-corrected chi connectivity index (χ0v) is 33.9. The molecule has 4 rings (SSSR count). The summed E-state index contributed by atoms with van der Waals surface area (Å²) >= 11 is 0. The Bertz CT molecular complexity index is 1820. The summed E-state index contributed by atoms with van der Waals surface area (Å²) in [6.45, 7) is 13.2. The summed E-state index contributed by atoms with van der Waals surface area (Å²) in [7, 11) is 1.65. The van der Waals surface area contributed by atoms with Crippen LogP contribution in [0.15, 0.2) is 46.5 Å². The van der Waals surface area contributed by atoms with Gasteiger partial charge < -0.3 is 25.8 Å². The van der Waals surface area contributed by atoms with Crippen LogP contribution in [0.3, 0.4) is 0 Å². The number of urea groups is 1. The Hall–Kier alpha value is -5.47. The molecule has 302 valence electrons. The van der Waals surface area contributed by atoms with Gasteiger partial charge >= 0.3 is 6.03 Å². The Labute approximate surface area is 329 Å². The second-order valence-electron chi connectivity index (χ2n) is 15.4. The summed E-state index contributed by atoms with van der Waals surface area (Å²) in [6, 6.07) is 7.24. The summed E-state index contributed by atoms with van der Waals surface area (Å²) in [5.74, 6) is -2.01. The third-order valence-electron chi connectivity index (χ3n) is 10.00. The van der Waals surface area contributed by atoms with Crippen molar-refractivity contribution in [3.8, 4) is 0 Å². The Morgan fingerprint density at radius 2 is 1.75 bits per heavy atom. The van der Waals surface area contributed by atoms with Gasteiger partial charge in [0.2, 0.25) is 23.7 Å². The number of Topliss-reactive ketones (excluding diaryl/α,β-unsaturated/α-hetero) is 2. The summed E-state index contributed by atoms with van der Waals surface area (Å²) in [6.07, 6.45) is 5.24. The fourth-order valence-corrected chi connectivity index (χ4v) is 6.72. The van der Waals surface area contributed by atoms with E-state index < -0.39 is 29.8 Å². The van der Waals surface area contributed by atoms with Crippen molar-refractivity contribution in [1.29, 1.82) is 0 Å². The summed E-state index contributed by atoms with van der Waals surface area (Å²) in [5, 5.41) is 8.47. The molecule has 2 aromatic rings. The van der Waals surface area contributed by atoms with Gasteiger partial charge in [-0.1, -0.05) is 39.8 Å². The molecule has 0 bridgehead atoms. The van der Waals surface area contributed by atoms with Crippen LogP contribution in [-0.4, -0.2) is 108 Å². The van der Waals surface area contributed by atoms with Gasteiger partial charge in [-0.15, -0.1) is 0 Å². The molecule has 1 saturated heterocycles. The number of nitrogens with one attached hydrogen (secondary N) is 3. The number of nitrogens with zero attached hydrogens (tertiary/aromatic N) is 6. The number of aryl methyl sites for hydroxylation is 2. The minimum Gasteiger partial charge on any atom is -0.345 e. The fraction of sp³-hybridized carbons (Fsp3) is 0.537. The van der Waals surface area contributed by atoms with E-state index in [0.29, 0.717) is 56.0 Å². The Morgan fingerprint density at radius 3 is 2.41 bits per heavy atom. The number of amides is 5. The average molecular weight is 772 g/mol. The van der Waals surface area contributed by atoms with E-state index in [4.69, 9.17) is 0 Å². The number of carbonyl (C=O) groups is 6. The Balaban J connectivity index is 1.43. The zero-order chi connectivity index (χ0) is 41.1. The highest BCUT2D eigenvalue weighted by molar-refractivity contribution is 6.02. The quantitative estimate of drug-likeness (QED) is 0.234. The highest BCUT2D eigenvalue weighted by Gasteiger charge is 2.39. The van der Waals surface area contributed by atoms with Crippen LogP contribution in [-0.2, 0) is 19.2 Å². The molecule has 0 unspecified atom stereocenters. The molecule has 15 nitrogen and oxygen atoms in total. The van der Waals surface area contributed by atoms with Crippen LogP contribution in [0.4, 0.5) is 16.2 Å². The van der Waals surface area contributed by atoms with Gasteiger partial charge in [0.05, 0.1) is 24.5 Å². The molecule has 2 aliphatic rings. The Morgan fingerprint density at radius 1 is 1.00 bits per heavy atom. The number of guanidine groups is 1. The lowest BCUT2D eigenvalue weighted by Gasteiger charge is -2.30. The van der Waals surface area contributed by atoms with Crippen molar-refractivity contribution in [3.63, 3.8) is 0 Å². The minimum absolute atomic E-state index is 0.0332. The molecule has 2 aliphatic heterocycles. The van der Waals surface area contributed by atoms with Crippen molar-refractivity contribution in [2.75, 3.05) is 43.6 Å². The van der Waals surface area contributed by atoms with Crippen LogP contribution in [0.2, 0.25) is 0 Å². The lowest BCUT2D eigenvalue weighted by molar-refractivity contribution is -0.142.